The first-order chi connectivity index (χ1) is 9.17. The number of ether oxygens (including phenoxy) is 1. The highest BCUT2D eigenvalue weighted by atomic mass is 16.5. The molecule has 0 amide bonds. The number of benzene rings is 1. The SMILES string of the molecule is COc1cc2c(cc1C(C)(C)C)C(C)(CC(=O)O)CC2. The van der Waals surface area contributed by atoms with E-state index < -0.39 is 5.97 Å². The van der Waals surface area contributed by atoms with E-state index in [-0.39, 0.29) is 17.3 Å². The van der Waals surface area contributed by atoms with Crippen LogP contribution >= 0.6 is 0 Å². The van der Waals surface area contributed by atoms with Crippen LogP contribution in [0.3, 0.4) is 0 Å². The lowest BCUT2D eigenvalue weighted by atomic mass is 9.77. The first kappa shape index (κ1) is 14.9. The summed E-state index contributed by atoms with van der Waals surface area (Å²) in [5.41, 5.74) is 3.29. The predicted octanol–water partition coefficient (Wildman–Crippen LogP) is 3.67. The highest BCUT2D eigenvalue weighted by molar-refractivity contribution is 5.70. The van der Waals surface area contributed by atoms with E-state index in [9.17, 15) is 4.79 Å². The minimum atomic E-state index is -0.728. The Morgan fingerprint density at radius 1 is 1.40 bits per heavy atom. The van der Waals surface area contributed by atoms with Gasteiger partial charge in [-0.05, 0) is 41.0 Å². The highest BCUT2D eigenvalue weighted by Gasteiger charge is 2.38. The normalized spacial score (nSPS) is 21.6. The smallest absolute Gasteiger partial charge is 0.304 e. The highest BCUT2D eigenvalue weighted by Crippen LogP contribution is 2.45. The van der Waals surface area contributed by atoms with E-state index in [1.165, 1.54) is 11.1 Å². The van der Waals surface area contributed by atoms with Crippen LogP contribution in [0.5, 0.6) is 5.75 Å². The Bertz CT molecular complexity index is 540. The molecule has 1 aromatic rings. The molecule has 1 N–H and O–H groups in total. The molecular formula is C17H24O3. The number of methoxy groups -OCH3 is 1. The summed E-state index contributed by atoms with van der Waals surface area (Å²) >= 11 is 0. The fourth-order valence-corrected chi connectivity index (χ4v) is 3.21. The maximum absolute atomic E-state index is 11.2. The Labute approximate surface area is 121 Å². The summed E-state index contributed by atoms with van der Waals surface area (Å²) < 4.78 is 5.53. The molecule has 1 atom stereocenters. The van der Waals surface area contributed by atoms with Gasteiger partial charge in [0.25, 0.3) is 0 Å². The van der Waals surface area contributed by atoms with Crippen molar-refractivity contribution in [1.82, 2.24) is 0 Å². The molecule has 1 aliphatic rings. The van der Waals surface area contributed by atoms with Crippen molar-refractivity contribution in [2.75, 3.05) is 7.11 Å². The number of aliphatic carboxylic acids is 1. The van der Waals surface area contributed by atoms with Gasteiger partial charge in [0.2, 0.25) is 0 Å². The van der Waals surface area contributed by atoms with E-state index in [2.05, 4.69) is 39.8 Å². The average Bonchev–Trinajstić information content (AvgIpc) is 2.63. The van der Waals surface area contributed by atoms with E-state index in [4.69, 9.17) is 9.84 Å². The van der Waals surface area contributed by atoms with Crippen LogP contribution in [0.15, 0.2) is 12.1 Å². The third-order valence-corrected chi connectivity index (χ3v) is 4.37. The van der Waals surface area contributed by atoms with Gasteiger partial charge in [-0.25, -0.2) is 0 Å². The molecule has 0 saturated carbocycles. The minimum Gasteiger partial charge on any atom is -0.496 e. The quantitative estimate of drug-likeness (QED) is 0.916. The van der Waals surface area contributed by atoms with Crippen LogP contribution in [0.4, 0.5) is 0 Å². The molecule has 3 heteroatoms. The zero-order valence-electron chi connectivity index (χ0n) is 13.0. The molecule has 0 spiro atoms. The number of hydrogen-bond donors (Lipinski definition) is 1. The van der Waals surface area contributed by atoms with Crippen LogP contribution in [0.25, 0.3) is 0 Å². The minimum absolute atomic E-state index is 0.0207. The van der Waals surface area contributed by atoms with Crippen LogP contribution in [-0.2, 0) is 22.0 Å². The van der Waals surface area contributed by atoms with Gasteiger partial charge in [0, 0.05) is 5.41 Å². The summed E-state index contributed by atoms with van der Waals surface area (Å²) in [6, 6.07) is 4.27. The molecule has 0 aromatic heterocycles. The van der Waals surface area contributed by atoms with Gasteiger partial charge < -0.3 is 9.84 Å². The van der Waals surface area contributed by atoms with Gasteiger partial charge in [-0.2, -0.15) is 0 Å². The lowest BCUT2D eigenvalue weighted by Gasteiger charge is -2.28. The lowest BCUT2D eigenvalue weighted by Crippen LogP contribution is -2.23. The van der Waals surface area contributed by atoms with Gasteiger partial charge in [-0.15, -0.1) is 0 Å². The van der Waals surface area contributed by atoms with E-state index in [1.54, 1.807) is 7.11 Å². The monoisotopic (exact) mass is 276 g/mol. The molecule has 3 nitrogen and oxygen atoms in total. The molecule has 20 heavy (non-hydrogen) atoms. The molecule has 0 saturated heterocycles. The topological polar surface area (TPSA) is 46.5 Å². The molecule has 110 valence electrons. The number of carboxylic acids is 1. The maximum atomic E-state index is 11.2. The molecule has 0 heterocycles. The van der Waals surface area contributed by atoms with Gasteiger partial charge in [-0.1, -0.05) is 33.8 Å². The third-order valence-electron chi connectivity index (χ3n) is 4.37. The average molecular weight is 276 g/mol. The van der Waals surface area contributed by atoms with Crippen LogP contribution < -0.4 is 4.74 Å². The standard InChI is InChI=1S/C17H24O3/c1-16(2,3)13-9-12-11(8-14(13)20-5)6-7-17(12,4)10-15(18)19/h8-9H,6-7,10H2,1-5H3,(H,18,19). The van der Waals surface area contributed by atoms with Crippen molar-refractivity contribution < 1.29 is 14.6 Å². The zero-order chi connectivity index (χ0) is 15.1. The summed E-state index contributed by atoms with van der Waals surface area (Å²) in [5.74, 6) is 0.185. The van der Waals surface area contributed by atoms with Crippen LogP contribution in [0.1, 0.15) is 57.2 Å². The van der Waals surface area contributed by atoms with E-state index >= 15 is 0 Å². The summed E-state index contributed by atoms with van der Waals surface area (Å²) in [7, 11) is 1.70. The third kappa shape index (κ3) is 2.54. The van der Waals surface area contributed by atoms with Crippen LogP contribution in [-0.4, -0.2) is 18.2 Å². The van der Waals surface area contributed by atoms with Crippen LogP contribution in [0.2, 0.25) is 0 Å². The predicted molar refractivity (Wildman–Crippen MR) is 79.6 cm³/mol. The summed E-state index contributed by atoms with van der Waals surface area (Å²) in [6.45, 7) is 8.52. The largest absolute Gasteiger partial charge is 0.496 e. The number of rotatable bonds is 3. The van der Waals surface area contributed by atoms with Gasteiger partial charge >= 0.3 is 5.97 Å². The summed E-state index contributed by atoms with van der Waals surface area (Å²) in [5, 5.41) is 9.17. The molecule has 1 aliphatic carbocycles. The van der Waals surface area contributed by atoms with Crippen molar-refractivity contribution in [1.29, 1.82) is 0 Å². The van der Waals surface area contributed by atoms with E-state index in [1.807, 2.05) is 0 Å². The Kier molecular flexibility index (Phi) is 3.57. The Balaban J connectivity index is 2.56. The van der Waals surface area contributed by atoms with Crippen molar-refractivity contribution in [3.63, 3.8) is 0 Å². The molecule has 0 fully saturated rings. The molecule has 1 unspecified atom stereocenters. The first-order valence-corrected chi connectivity index (χ1v) is 7.11. The zero-order valence-corrected chi connectivity index (χ0v) is 13.0. The van der Waals surface area contributed by atoms with Crippen molar-refractivity contribution in [3.05, 3.63) is 28.8 Å². The second-order valence-electron chi connectivity index (χ2n) is 7.09. The summed E-state index contributed by atoms with van der Waals surface area (Å²) in [4.78, 5) is 11.2. The summed E-state index contributed by atoms with van der Waals surface area (Å²) in [6.07, 6.45) is 2.02. The Morgan fingerprint density at radius 3 is 2.55 bits per heavy atom. The van der Waals surface area contributed by atoms with Crippen molar-refractivity contribution in [3.8, 4) is 5.75 Å². The lowest BCUT2D eigenvalue weighted by molar-refractivity contribution is -0.138. The molecule has 2 rings (SSSR count). The number of carbonyl (C=O) groups is 1. The van der Waals surface area contributed by atoms with Gasteiger partial charge in [0.1, 0.15) is 5.75 Å². The van der Waals surface area contributed by atoms with Gasteiger partial charge in [-0.3, -0.25) is 4.79 Å². The Hall–Kier alpha value is -1.51. The molecule has 0 radical (unpaired) electrons. The molecule has 0 aliphatic heterocycles. The molecular weight excluding hydrogens is 252 g/mol. The Morgan fingerprint density at radius 2 is 2.05 bits per heavy atom. The number of fused-ring (bicyclic) bond motifs is 1. The fourth-order valence-electron chi connectivity index (χ4n) is 3.21. The second-order valence-corrected chi connectivity index (χ2v) is 7.09. The van der Waals surface area contributed by atoms with Gasteiger partial charge in [0.05, 0.1) is 13.5 Å². The van der Waals surface area contributed by atoms with Crippen molar-refractivity contribution in [2.24, 2.45) is 0 Å². The van der Waals surface area contributed by atoms with Crippen LogP contribution in [0, 0.1) is 0 Å². The first-order valence-electron chi connectivity index (χ1n) is 7.11. The van der Waals surface area contributed by atoms with Crippen molar-refractivity contribution >= 4 is 5.97 Å². The van der Waals surface area contributed by atoms with E-state index in [0.29, 0.717) is 0 Å². The van der Waals surface area contributed by atoms with E-state index in [0.717, 1.165) is 24.2 Å². The number of hydrogen-bond acceptors (Lipinski definition) is 2. The molecule has 1 aromatic carbocycles. The molecule has 0 bridgehead atoms. The van der Waals surface area contributed by atoms with Crippen molar-refractivity contribution in [2.45, 2.75) is 57.8 Å². The maximum Gasteiger partial charge on any atom is 0.304 e. The number of aryl methyl sites for hydroxylation is 1. The second kappa shape index (κ2) is 4.80. The number of carboxylic acid groups (broad SMARTS) is 1. The van der Waals surface area contributed by atoms with Gasteiger partial charge in [0.15, 0.2) is 0 Å². The fraction of sp³-hybridized carbons (Fsp3) is 0.588.